The van der Waals surface area contributed by atoms with Crippen molar-refractivity contribution in [3.05, 3.63) is 35.4 Å². The first kappa shape index (κ1) is 25.0. The lowest BCUT2D eigenvalue weighted by atomic mass is 9.66. The number of halogens is 1. The van der Waals surface area contributed by atoms with Crippen molar-refractivity contribution in [1.29, 1.82) is 0 Å². The Labute approximate surface area is 196 Å². The van der Waals surface area contributed by atoms with Crippen molar-refractivity contribution in [2.75, 3.05) is 26.2 Å². The molecule has 0 bridgehead atoms. The van der Waals surface area contributed by atoms with Crippen LogP contribution in [-0.4, -0.2) is 43.2 Å². The molecule has 31 heavy (non-hydrogen) atoms. The maximum absolute atomic E-state index is 6.52. The Morgan fingerprint density at radius 3 is 2.65 bits per heavy atom. The number of nitrogens with two attached hydrogens (primary N) is 1. The fourth-order valence-electron chi connectivity index (χ4n) is 6.02. The second-order valence-corrected chi connectivity index (χ2v) is 11.8. The normalized spacial score (nSPS) is 30.9. The number of piperidine rings is 1. The monoisotopic (exact) mass is 447 g/mol. The summed E-state index contributed by atoms with van der Waals surface area (Å²) in [6.45, 7) is 14.0. The Balaban J connectivity index is 1.47. The van der Waals surface area contributed by atoms with E-state index in [1.807, 2.05) is 0 Å². The van der Waals surface area contributed by atoms with Gasteiger partial charge in [-0.1, -0.05) is 63.6 Å². The predicted octanol–water partition coefficient (Wildman–Crippen LogP) is 5.72. The van der Waals surface area contributed by atoms with Gasteiger partial charge in [-0.3, -0.25) is 0 Å². The van der Waals surface area contributed by atoms with Crippen LogP contribution in [0.5, 0.6) is 0 Å². The van der Waals surface area contributed by atoms with E-state index in [9.17, 15) is 0 Å². The van der Waals surface area contributed by atoms with Gasteiger partial charge >= 0.3 is 0 Å². The Morgan fingerprint density at radius 1 is 1.23 bits per heavy atom. The van der Waals surface area contributed by atoms with Crippen molar-refractivity contribution in [2.24, 2.45) is 34.8 Å². The third-order valence-electron chi connectivity index (χ3n) is 7.91. The molecule has 3 unspecified atom stereocenters. The summed E-state index contributed by atoms with van der Waals surface area (Å²) in [5, 5.41) is 4.74. The molecule has 3 aliphatic rings. The van der Waals surface area contributed by atoms with E-state index in [-0.39, 0.29) is 6.04 Å². The highest BCUT2D eigenvalue weighted by Crippen LogP contribution is 2.43. The van der Waals surface area contributed by atoms with Crippen LogP contribution in [0.15, 0.2) is 35.4 Å². The molecule has 5 atom stereocenters. The molecular weight excluding hydrogens is 402 g/mol. The summed E-state index contributed by atoms with van der Waals surface area (Å²) in [7, 11) is 0. The fourth-order valence-corrected chi connectivity index (χ4v) is 6.18. The maximum Gasteiger partial charge on any atom is 0.0363 e. The van der Waals surface area contributed by atoms with E-state index >= 15 is 0 Å². The second kappa shape index (κ2) is 11.5. The van der Waals surface area contributed by atoms with Crippen molar-refractivity contribution >= 4 is 11.6 Å². The van der Waals surface area contributed by atoms with Crippen molar-refractivity contribution in [1.82, 2.24) is 10.2 Å². The molecule has 0 aromatic heterocycles. The molecule has 3 nitrogen and oxygen atoms in total. The molecule has 3 rings (SSSR count). The van der Waals surface area contributed by atoms with Crippen LogP contribution >= 0.6 is 11.6 Å². The van der Waals surface area contributed by atoms with Crippen LogP contribution in [0.1, 0.15) is 66.2 Å². The molecule has 0 saturated carbocycles. The molecular formula is C27H46ClN3. The standard InChI is InChI=1S/C27H46ClN3/c1-20(2)26(30-17-24(29)16-21-8-6-5-7-9-21)18-31-15-14-25(27(3,4)19-31)22-10-12-23(28)13-11-22/h5-6,10,12-13,20-22,24-26,30H,7-9,11,14-19,29H2,1-4H3/t21?,22?,24-,25?,26-/m0/s1. The Kier molecular flexibility index (Phi) is 9.28. The Morgan fingerprint density at radius 2 is 2.03 bits per heavy atom. The van der Waals surface area contributed by atoms with Gasteiger partial charge in [0, 0.05) is 36.8 Å². The van der Waals surface area contributed by atoms with E-state index in [0.29, 0.717) is 23.3 Å². The van der Waals surface area contributed by atoms with Crippen LogP contribution in [0.3, 0.4) is 0 Å². The first-order valence-electron chi connectivity index (χ1n) is 12.6. The van der Waals surface area contributed by atoms with Crippen molar-refractivity contribution < 1.29 is 0 Å². The third kappa shape index (κ3) is 7.45. The second-order valence-electron chi connectivity index (χ2n) is 11.4. The van der Waals surface area contributed by atoms with Crippen LogP contribution in [-0.2, 0) is 0 Å². The molecule has 0 aromatic rings. The van der Waals surface area contributed by atoms with Crippen LogP contribution < -0.4 is 11.1 Å². The van der Waals surface area contributed by atoms with E-state index in [4.69, 9.17) is 17.3 Å². The highest BCUT2D eigenvalue weighted by atomic mass is 35.5. The smallest absolute Gasteiger partial charge is 0.0363 e. The van der Waals surface area contributed by atoms with E-state index in [1.54, 1.807) is 0 Å². The van der Waals surface area contributed by atoms with Crippen molar-refractivity contribution in [2.45, 2.75) is 78.3 Å². The van der Waals surface area contributed by atoms with Gasteiger partial charge in [0.25, 0.3) is 0 Å². The molecule has 0 aromatic carbocycles. The molecule has 176 valence electrons. The molecule has 0 spiro atoms. The highest BCUT2D eigenvalue weighted by molar-refractivity contribution is 6.31. The number of nitrogens with one attached hydrogen (secondary N) is 1. The Bertz CT molecular complexity index is 651. The lowest BCUT2D eigenvalue weighted by molar-refractivity contribution is 0.0251. The highest BCUT2D eigenvalue weighted by Gasteiger charge is 2.40. The average molecular weight is 448 g/mol. The molecule has 1 fully saturated rings. The van der Waals surface area contributed by atoms with Crippen LogP contribution in [0.2, 0.25) is 0 Å². The topological polar surface area (TPSA) is 41.3 Å². The fraction of sp³-hybridized carbons (Fsp3) is 0.778. The molecule has 4 heteroatoms. The number of nitrogens with zero attached hydrogens (tertiary/aromatic N) is 1. The first-order valence-corrected chi connectivity index (χ1v) is 13.0. The summed E-state index contributed by atoms with van der Waals surface area (Å²) in [6, 6.07) is 0.763. The van der Waals surface area contributed by atoms with Crippen LogP contribution in [0.4, 0.5) is 0 Å². The quantitative estimate of drug-likeness (QED) is 0.444. The van der Waals surface area contributed by atoms with Crippen LogP contribution in [0, 0.1) is 29.1 Å². The molecule has 2 aliphatic carbocycles. The minimum absolute atomic E-state index is 0.262. The molecule has 0 amide bonds. The lowest BCUT2D eigenvalue weighted by Gasteiger charge is -2.48. The minimum Gasteiger partial charge on any atom is -0.327 e. The van der Waals surface area contributed by atoms with E-state index in [1.165, 1.54) is 38.8 Å². The largest absolute Gasteiger partial charge is 0.327 e. The third-order valence-corrected chi connectivity index (χ3v) is 8.19. The van der Waals surface area contributed by atoms with Gasteiger partial charge in [-0.2, -0.15) is 0 Å². The average Bonchev–Trinajstić information content (AvgIpc) is 2.72. The molecule has 3 N–H and O–H groups in total. The van der Waals surface area contributed by atoms with Gasteiger partial charge in [-0.25, -0.2) is 0 Å². The van der Waals surface area contributed by atoms with Crippen molar-refractivity contribution in [3.8, 4) is 0 Å². The van der Waals surface area contributed by atoms with E-state index in [2.05, 4.69) is 68.3 Å². The lowest BCUT2D eigenvalue weighted by Crippen LogP contribution is -2.54. The van der Waals surface area contributed by atoms with Gasteiger partial charge in [-0.15, -0.1) is 0 Å². The zero-order valence-electron chi connectivity index (χ0n) is 20.3. The maximum atomic E-state index is 6.52. The number of likely N-dealkylation sites (tertiary alicyclic amines) is 1. The minimum atomic E-state index is 0.262. The van der Waals surface area contributed by atoms with Crippen LogP contribution in [0.25, 0.3) is 0 Å². The molecule has 0 radical (unpaired) electrons. The molecule has 1 heterocycles. The number of allylic oxidation sites excluding steroid dienone is 6. The summed E-state index contributed by atoms with van der Waals surface area (Å²) < 4.78 is 0. The Hall–Kier alpha value is -0.610. The predicted molar refractivity (Wildman–Crippen MR) is 135 cm³/mol. The van der Waals surface area contributed by atoms with Gasteiger partial charge in [-0.05, 0) is 80.2 Å². The summed E-state index contributed by atoms with van der Waals surface area (Å²) in [6.07, 6.45) is 18.6. The summed E-state index contributed by atoms with van der Waals surface area (Å²) >= 11 is 6.16. The summed E-state index contributed by atoms with van der Waals surface area (Å²) in [5.74, 6) is 2.74. The number of hydrogen-bond acceptors (Lipinski definition) is 3. The SMILES string of the molecule is CC(C)[C@H](CN1CCC(C2C=CC(Cl)=CC2)C(C)(C)C1)NC[C@@H](N)CC1CC=CCC1. The summed E-state index contributed by atoms with van der Waals surface area (Å²) in [5.41, 5.74) is 6.84. The van der Waals surface area contributed by atoms with Gasteiger partial charge in [0.1, 0.15) is 0 Å². The first-order chi connectivity index (χ1) is 14.7. The van der Waals surface area contributed by atoms with Crippen molar-refractivity contribution in [3.63, 3.8) is 0 Å². The van der Waals surface area contributed by atoms with E-state index in [0.717, 1.165) is 42.8 Å². The van der Waals surface area contributed by atoms with Gasteiger partial charge in [0.2, 0.25) is 0 Å². The number of hydrogen-bond donors (Lipinski definition) is 2. The zero-order chi connectivity index (χ0) is 22.4. The zero-order valence-corrected chi connectivity index (χ0v) is 21.1. The van der Waals surface area contributed by atoms with E-state index < -0.39 is 0 Å². The van der Waals surface area contributed by atoms with Gasteiger partial charge < -0.3 is 16.0 Å². The summed E-state index contributed by atoms with van der Waals surface area (Å²) in [4.78, 5) is 2.70. The van der Waals surface area contributed by atoms with Gasteiger partial charge in [0.05, 0.1) is 0 Å². The number of rotatable bonds is 9. The molecule has 1 aliphatic heterocycles. The molecule has 1 saturated heterocycles. The van der Waals surface area contributed by atoms with Gasteiger partial charge in [0.15, 0.2) is 0 Å².